The van der Waals surface area contributed by atoms with E-state index in [-0.39, 0.29) is 0 Å². The Balaban J connectivity index is 1.11. The fourth-order valence-corrected chi connectivity index (χ4v) is 12.0. The summed E-state index contributed by atoms with van der Waals surface area (Å²) in [4.78, 5) is 5.04. The monoisotopic (exact) mass is 892 g/mol. The third-order valence-corrected chi connectivity index (χ3v) is 15.2. The first-order chi connectivity index (χ1) is 34.7. The van der Waals surface area contributed by atoms with Gasteiger partial charge in [0, 0.05) is 34.1 Å². The van der Waals surface area contributed by atoms with Gasteiger partial charge in [-0.3, -0.25) is 0 Å². The van der Waals surface area contributed by atoms with E-state index >= 15 is 0 Å². The molecule has 2 heteroatoms. The lowest BCUT2D eigenvalue weighted by atomic mass is 9.83. The number of hydrogen-bond donors (Lipinski definition) is 0. The summed E-state index contributed by atoms with van der Waals surface area (Å²) in [7, 11) is 0. The first-order valence-electron chi connectivity index (χ1n) is 24.8. The van der Waals surface area contributed by atoms with Crippen LogP contribution in [0.5, 0.6) is 0 Å². The average Bonchev–Trinajstić information content (AvgIpc) is 3.70. The van der Waals surface area contributed by atoms with E-state index in [1.165, 1.54) is 121 Å². The zero-order valence-corrected chi connectivity index (χ0v) is 38.8. The third-order valence-electron chi connectivity index (χ3n) is 15.2. The Morgan fingerprint density at radius 1 is 0.243 bits per heavy atom. The molecular formula is C68H48N2. The second kappa shape index (κ2) is 16.5. The highest BCUT2D eigenvalue weighted by Crippen LogP contribution is 2.51. The number of hydrogen-bond acceptors (Lipinski definition) is 2. The molecule has 0 bridgehead atoms. The van der Waals surface area contributed by atoms with Crippen LogP contribution in [0.4, 0.5) is 34.1 Å². The summed E-state index contributed by atoms with van der Waals surface area (Å²) >= 11 is 0. The molecule has 0 N–H and O–H groups in total. The lowest BCUT2D eigenvalue weighted by molar-refractivity contribution is 0.977. The molecule has 2 heterocycles. The molecule has 0 saturated carbocycles. The van der Waals surface area contributed by atoms with Gasteiger partial charge in [-0.25, -0.2) is 0 Å². The molecule has 0 radical (unpaired) electrons. The van der Waals surface area contributed by atoms with Crippen molar-refractivity contribution in [1.82, 2.24) is 0 Å². The molecule has 2 aliphatic heterocycles. The van der Waals surface area contributed by atoms with E-state index in [1.807, 2.05) is 0 Å². The Morgan fingerprint density at radius 2 is 0.629 bits per heavy atom. The van der Waals surface area contributed by atoms with E-state index < -0.39 is 0 Å². The molecule has 0 spiro atoms. The Bertz CT molecular complexity index is 3940. The van der Waals surface area contributed by atoms with Gasteiger partial charge in [0.15, 0.2) is 0 Å². The molecular weight excluding hydrogens is 845 g/mol. The molecule has 330 valence electrons. The van der Waals surface area contributed by atoms with Crippen molar-refractivity contribution < 1.29 is 0 Å². The number of fused-ring (bicyclic) bond motifs is 8. The van der Waals surface area contributed by atoms with Crippen LogP contribution >= 0.6 is 0 Å². The summed E-state index contributed by atoms with van der Waals surface area (Å²) in [5.41, 5.74) is 20.1. The molecule has 2 aliphatic rings. The lowest BCUT2D eigenvalue weighted by Crippen LogP contribution is -2.12. The van der Waals surface area contributed by atoms with Gasteiger partial charge >= 0.3 is 0 Å². The summed E-state index contributed by atoms with van der Waals surface area (Å²) in [6, 6.07) is 91.1. The van der Waals surface area contributed by atoms with Gasteiger partial charge in [-0.05, 0) is 179 Å². The van der Waals surface area contributed by atoms with Gasteiger partial charge in [0.1, 0.15) is 0 Å². The average molecular weight is 893 g/mol. The van der Waals surface area contributed by atoms with Crippen LogP contribution in [0, 0.1) is 0 Å². The van der Waals surface area contributed by atoms with Gasteiger partial charge in [-0.2, -0.15) is 0 Å². The van der Waals surface area contributed by atoms with E-state index in [9.17, 15) is 0 Å². The van der Waals surface area contributed by atoms with E-state index in [0.717, 1.165) is 37.1 Å². The minimum Gasteiger partial charge on any atom is -0.310 e. The van der Waals surface area contributed by atoms with Crippen molar-refractivity contribution in [3.63, 3.8) is 0 Å². The molecule has 2 nitrogen and oxygen atoms in total. The van der Waals surface area contributed by atoms with Crippen molar-refractivity contribution >= 4 is 77.2 Å². The van der Waals surface area contributed by atoms with E-state index in [0.29, 0.717) is 0 Å². The van der Waals surface area contributed by atoms with Crippen LogP contribution in [-0.4, -0.2) is 0 Å². The highest BCUT2D eigenvalue weighted by molar-refractivity contribution is 6.25. The molecule has 0 amide bonds. The maximum absolute atomic E-state index is 2.52. The van der Waals surface area contributed by atoms with Gasteiger partial charge in [0.25, 0.3) is 0 Å². The predicted molar refractivity (Wildman–Crippen MR) is 297 cm³/mol. The maximum Gasteiger partial charge on any atom is 0.0493 e. The molecule has 14 rings (SSSR count). The Morgan fingerprint density at radius 3 is 1.16 bits per heavy atom. The zero-order chi connectivity index (χ0) is 46.1. The molecule has 0 saturated heterocycles. The van der Waals surface area contributed by atoms with Crippen LogP contribution in [0.25, 0.3) is 76.5 Å². The molecule has 0 aromatic heterocycles. The Kier molecular flexibility index (Phi) is 9.52. The normalized spacial score (nSPS) is 13.1. The second-order valence-electron chi connectivity index (χ2n) is 19.0. The highest BCUT2D eigenvalue weighted by Gasteiger charge is 2.27. The number of benzene rings is 12. The number of anilines is 6. The van der Waals surface area contributed by atoms with Crippen LogP contribution in [-0.2, 0) is 25.7 Å². The molecule has 12 aromatic carbocycles. The first kappa shape index (κ1) is 40.4. The van der Waals surface area contributed by atoms with Crippen LogP contribution in [0.1, 0.15) is 22.3 Å². The van der Waals surface area contributed by atoms with Gasteiger partial charge in [-0.1, -0.05) is 188 Å². The van der Waals surface area contributed by atoms with Crippen molar-refractivity contribution in [1.29, 1.82) is 0 Å². The summed E-state index contributed by atoms with van der Waals surface area (Å²) in [5, 5.41) is 9.87. The summed E-state index contributed by atoms with van der Waals surface area (Å²) in [5.74, 6) is 0. The topological polar surface area (TPSA) is 6.48 Å². The molecule has 0 aliphatic carbocycles. The lowest BCUT2D eigenvalue weighted by Gasteiger charge is -2.29. The molecule has 0 unspecified atom stereocenters. The molecule has 0 fully saturated rings. The van der Waals surface area contributed by atoms with Crippen LogP contribution in [0.3, 0.4) is 0 Å². The van der Waals surface area contributed by atoms with E-state index in [2.05, 4.69) is 252 Å². The van der Waals surface area contributed by atoms with Crippen molar-refractivity contribution in [2.75, 3.05) is 9.80 Å². The molecule has 12 aromatic rings. The zero-order valence-electron chi connectivity index (χ0n) is 38.8. The van der Waals surface area contributed by atoms with Crippen LogP contribution in [0.2, 0.25) is 0 Å². The maximum atomic E-state index is 2.52. The minimum atomic E-state index is 0.994. The first-order valence-corrected chi connectivity index (χ1v) is 24.8. The van der Waals surface area contributed by atoms with Crippen molar-refractivity contribution in [3.05, 3.63) is 265 Å². The van der Waals surface area contributed by atoms with Gasteiger partial charge in [-0.15, -0.1) is 0 Å². The smallest absolute Gasteiger partial charge is 0.0493 e. The quantitative estimate of drug-likeness (QED) is 0.159. The number of para-hydroxylation sites is 4. The summed E-state index contributed by atoms with van der Waals surface area (Å²) in [6.45, 7) is 0. The van der Waals surface area contributed by atoms with Gasteiger partial charge in [0.2, 0.25) is 0 Å². The predicted octanol–water partition coefficient (Wildman–Crippen LogP) is 18.4. The summed E-state index contributed by atoms with van der Waals surface area (Å²) in [6.07, 6.45) is 3.98. The largest absolute Gasteiger partial charge is 0.310 e. The Labute approximate surface area is 409 Å². The van der Waals surface area contributed by atoms with E-state index in [4.69, 9.17) is 0 Å². The van der Waals surface area contributed by atoms with Gasteiger partial charge < -0.3 is 9.80 Å². The van der Waals surface area contributed by atoms with E-state index in [1.54, 1.807) is 0 Å². The fraction of sp³-hybridized carbons (Fsp3) is 0.0588. The number of aryl methyl sites for hydroxylation is 4. The minimum absolute atomic E-state index is 0.994. The van der Waals surface area contributed by atoms with Crippen LogP contribution in [0.15, 0.2) is 243 Å². The fourth-order valence-electron chi connectivity index (χ4n) is 12.0. The van der Waals surface area contributed by atoms with Crippen molar-refractivity contribution in [2.45, 2.75) is 25.7 Å². The van der Waals surface area contributed by atoms with Gasteiger partial charge in [0.05, 0.1) is 0 Å². The van der Waals surface area contributed by atoms with Crippen molar-refractivity contribution in [2.24, 2.45) is 0 Å². The highest BCUT2D eigenvalue weighted by atomic mass is 15.2. The third kappa shape index (κ3) is 6.55. The molecule has 70 heavy (non-hydrogen) atoms. The number of nitrogens with zero attached hydrogens (tertiary/aromatic N) is 2. The Hall–Kier alpha value is -8.72. The summed E-state index contributed by atoms with van der Waals surface area (Å²) < 4.78 is 0. The molecule has 0 atom stereocenters. The van der Waals surface area contributed by atoms with Crippen LogP contribution < -0.4 is 9.80 Å². The van der Waals surface area contributed by atoms with Crippen molar-refractivity contribution in [3.8, 4) is 33.4 Å². The second-order valence-corrected chi connectivity index (χ2v) is 19.0. The standard InChI is InChI=1S/C68H48N2/c1-7-26-55-45(16-1)22-14-28-57(55)51-24-13-25-52(42-51)67-59-40-38-54(70-65-32-11-5-20-49(65)36-37-50-21-6-12-33-66(50)70)44-62(59)68(58-29-15-23-46-17-2-8-27-56(46)58)60-41-39-53(43-61(60)67)69-63-30-9-3-18-47(63)34-35-48-19-4-10-31-64(48)69/h1-33,38-44H,34-37H2. The SMILES string of the molecule is c1cc(-c2cccc3ccccc23)cc(-c2c3cc(N4c5ccccc5CCc5ccccc54)ccc3c(-c3cccc4ccccc34)c3cc(N4c5ccccc5CCc5ccccc54)ccc23)c1. The number of rotatable bonds is 5.